The molecule has 2 rings (SSSR count). The van der Waals surface area contributed by atoms with E-state index in [-0.39, 0.29) is 18.3 Å². The first kappa shape index (κ1) is 14.0. The predicted molar refractivity (Wildman–Crippen MR) is 71.7 cm³/mol. The van der Waals surface area contributed by atoms with E-state index in [1.54, 1.807) is 0 Å². The molecule has 0 saturated carbocycles. The van der Waals surface area contributed by atoms with E-state index >= 15 is 0 Å². The number of nitrogen functional groups attached to an aromatic ring is 1. The maximum atomic E-state index is 12.0. The fraction of sp³-hybridized carbons (Fsp3) is 0.462. The van der Waals surface area contributed by atoms with Crippen LogP contribution in [0.4, 0.5) is 5.69 Å². The number of halogens is 1. The van der Waals surface area contributed by atoms with Gasteiger partial charge < -0.3 is 19.9 Å². The Bertz CT molecular complexity index is 472. The second-order valence-electron chi connectivity index (χ2n) is 4.31. The molecule has 1 aliphatic heterocycles. The average Bonchev–Trinajstić information content (AvgIpc) is 2.91. The maximum absolute atomic E-state index is 12.0. The van der Waals surface area contributed by atoms with Gasteiger partial charge in [0.25, 0.3) is 0 Å². The minimum absolute atomic E-state index is 0.0146. The van der Waals surface area contributed by atoms with E-state index in [1.807, 2.05) is 0 Å². The van der Waals surface area contributed by atoms with Crippen LogP contribution in [-0.4, -0.2) is 32.4 Å². The van der Waals surface area contributed by atoms with Gasteiger partial charge in [0.15, 0.2) is 0 Å². The molecular formula is C13H16ClNO4. The molecule has 1 atom stereocenters. The third-order valence-electron chi connectivity index (χ3n) is 2.96. The molecule has 19 heavy (non-hydrogen) atoms. The van der Waals surface area contributed by atoms with Gasteiger partial charge in [-0.1, -0.05) is 11.6 Å². The normalized spacial score (nSPS) is 18.3. The Balaban J connectivity index is 2.07. The highest BCUT2D eigenvalue weighted by Crippen LogP contribution is 2.29. The minimum Gasteiger partial charge on any atom is -0.496 e. The second kappa shape index (κ2) is 6.12. The molecule has 5 nitrogen and oxygen atoms in total. The van der Waals surface area contributed by atoms with Crippen LogP contribution in [0.2, 0.25) is 5.02 Å². The number of ether oxygens (including phenoxy) is 3. The zero-order valence-corrected chi connectivity index (χ0v) is 11.4. The maximum Gasteiger partial charge on any atom is 0.342 e. The molecule has 0 spiro atoms. The molecule has 0 aliphatic carbocycles. The monoisotopic (exact) mass is 285 g/mol. The molecule has 1 fully saturated rings. The van der Waals surface area contributed by atoms with Gasteiger partial charge in [0, 0.05) is 12.7 Å². The highest BCUT2D eigenvalue weighted by molar-refractivity contribution is 6.33. The summed E-state index contributed by atoms with van der Waals surface area (Å²) < 4.78 is 15.7. The van der Waals surface area contributed by atoms with Gasteiger partial charge in [0.2, 0.25) is 0 Å². The van der Waals surface area contributed by atoms with Gasteiger partial charge in [-0.2, -0.15) is 0 Å². The van der Waals surface area contributed by atoms with Crippen molar-refractivity contribution in [1.82, 2.24) is 0 Å². The van der Waals surface area contributed by atoms with Gasteiger partial charge in [-0.05, 0) is 18.9 Å². The second-order valence-corrected chi connectivity index (χ2v) is 4.71. The molecule has 104 valence electrons. The first-order valence-corrected chi connectivity index (χ1v) is 6.41. The van der Waals surface area contributed by atoms with Crippen LogP contribution in [0, 0.1) is 0 Å². The lowest BCUT2D eigenvalue weighted by Gasteiger charge is -2.13. The van der Waals surface area contributed by atoms with Crippen molar-refractivity contribution < 1.29 is 19.0 Å². The third kappa shape index (κ3) is 3.30. The minimum atomic E-state index is -0.491. The summed E-state index contributed by atoms with van der Waals surface area (Å²) in [6.07, 6.45) is 1.89. The molecule has 1 saturated heterocycles. The fourth-order valence-electron chi connectivity index (χ4n) is 1.92. The third-order valence-corrected chi connectivity index (χ3v) is 3.29. The van der Waals surface area contributed by atoms with Crippen molar-refractivity contribution in [2.45, 2.75) is 18.9 Å². The fourth-order valence-corrected chi connectivity index (χ4v) is 2.08. The zero-order valence-electron chi connectivity index (χ0n) is 10.6. The highest BCUT2D eigenvalue weighted by atomic mass is 35.5. The van der Waals surface area contributed by atoms with Crippen molar-refractivity contribution in [1.29, 1.82) is 0 Å². The van der Waals surface area contributed by atoms with Crippen LogP contribution >= 0.6 is 11.6 Å². The van der Waals surface area contributed by atoms with Gasteiger partial charge in [-0.25, -0.2) is 4.79 Å². The SMILES string of the molecule is COc1cc(N)c(Cl)cc1C(=O)OCC1CCCO1. The highest BCUT2D eigenvalue weighted by Gasteiger charge is 2.20. The standard InChI is InChI=1S/C13H16ClNO4/c1-17-12-6-11(15)10(14)5-9(12)13(16)19-7-8-3-2-4-18-8/h5-6,8H,2-4,7,15H2,1H3. The Morgan fingerprint density at radius 2 is 2.37 bits per heavy atom. The molecule has 1 aromatic rings. The largest absolute Gasteiger partial charge is 0.496 e. The molecule has 6 heteroatoms. The molecule has 1 unspecified atom stereocenters. The van der Waals surface area contributed by atoms with Gasteiger partial charge in [-0.15, -0.1) is 0 Å². The first-order valence-electron chi connectivity index (χ1n) is 6.03. The van der Waals surface area contributed by atoms with E-state index < -0.39 is 5.97 Å². The van der Waals surface area contributed by atoms with Gasteiger partial charge in [0.05, 0.1) is 23.9 Å². The summed E-state index contributed by atoms with van der Waals surface area (Å²) in [4.78, 5) is 12.0. The molecule has 1 aromatic carbocycles. The van der Waals surface area contributed by atoms with E-state index in [1.165, 1.54) is 19.2 Å². The van der Waals surface area contributed by atoms with Crippen LogP contribution in [-0.2, 0) is 9.47 Å². The van der Waals surface area contributed by atoms with Crippen molar-refractivity contribution in [2.24, 2.45) is 0 Å². The molecule has 1 heterocycles. The van der Waals surface area contributed by atoms with Crippen molar-refractivity contribution in [3.8, 4) is 5.75 Å². The Morgan fingerprint density at radius 3 is 3.00 bits per heavy atom. The average molecular weight is 286 g/mol. The molecule has 0 radical (unpaired) electrons. The number of methoxy groups -OCH3 is 1. The molecule has 0 amide bonds. The molecular weight excluding hydrogens is 270 g/mol. The quantitative estimate of drug-likeness (QED) is 0.679. The Labute approximate surface area is 116 Å². The van der Waals surface area contributed by atoms with Crippen LogP contribution in [0.1, 0.15) is 23.2 Å². The number of carbonyl (C=O) groups excluding carboxylic acids is 1. The van der Waals surface area contributed by atoms with E-state index in [9.17, 15) is 4.79 Å². The number of carbonyl (C=O) groups is 1. The number of esters is 1. The summed E-state index contributed by atoms with van der Waals surface area (Å²) in [7, 11) is 1.46. The lowest BCUT2D eigenvalue weighted by molar-refractivity contribution is 0.0159. The van der Waals surface area contributed by atoms with Crippen molar-refractivity contribution in [2.75, 3.05) is 26.1 Å². The predicted octanol–water partition coefficient (Wildman–Crippen LogP) is 2.27. The summed E-state index contributed by atoms with van der Waals surface area (Å²) >= 11 is 5.90. The Kier molecular flexibility index (Phi) is 4.50. The van der Waals surface area contributed by atoms with Gasteiger partial charge >= 0.3 is 5.97 Å². The lowest BCUT2D eigenvalue weighted by atomic mass is 10.2. The van der Waals surface area contributed by atoms with Crippen LogP contribution in [0.3, 0.4) is 0 Å². The Hall–Kier alpha value is -1.46. The topological polar surface area (TPSA) is 70.8 Å². The van der Waals surface area contributed by atoms with Crippen molar-refractivity contribution >= 4 is 23.3 Å². The summed E-state index contributed by atoms with van der Waals surface area (Å²) in [5, 5.41) is 0.296. The van der Waals surface area contributed by atoms with Crippen molar-refractivity contribution in [3.05, 3.63) is 22.7 Å². The van der Waals surface area contributed by atoms with Crippen molar-refractivity contribution in [3.63, 3.8) is 0 Å². The molecule has 1 aliphatic rings. The smallest absolute Gasteiger partial charge is 0.342 e. The number of hydrogen-bond donors (Lipinski definition) is 1. The summed E-state index contributed by atoms with van der Waals surface area (Å²) in [5.41, 5.74) is 6.27. The number of rotatable bonds is 4. The summed E-state index contributed by atoms with van der Waals surface area (Å²) in [6.45, 7) is 0.962. The summed E-state index contributed by atoms with van der Waals surface area (Å²) in [6, 6.07) is 2.96. The van der Waals surface area contributed by atoms with E-state index in [0.717, 1.165) is 19.4 Å². The van der Waals surface area contributed by atoms with Gasteiger partial charge in [0.1, 0.15) is 17.9 Å². The number of nitrogens with two attached hydrogens (primary N) is 1. The van der Waals surface area contributed by atoms with Crippen LogP contribution in [0.25, 0.3) is 0 Å². The van der Waals surface area contributed by atoms with E-state index in [4.69, 9.17) is 31.5 Å². The molecule has 0 aromatic heterocycles. The van der Waals surface area contributed by atoms with Gasteiger partial charge in [-0.3, -0.25) is 0 Å². The summed E-state index contributed by atoms with van der Waals surface area (Å²) in [5.74, 6) is -0.145. The van der Waals surface area contributed by atoms with E-state index in [2.05, 4.69) is 0 Å². The molecule has 2 N–H and O–H groups in total. The zero-order chi connectivity index (χ0) is 13.8. The van der Waals surface area contributed by atoms with Crippen LogP contribution in [0.15, 0.2) is 12.1 Å². The van der Waals surface area contributed by atoms with Crippen LogP contribution in [0.5, 0.6) is 5.75 Å². The molecule has 0 bridgehead atoms. The Morgan fingerprint density at radius 1 is 1.58 bits per heavy atom. The number of benzene rings is 1. The first-order chi connectivity index (χ1) is 9.11. The number of anilines is 1. The van der Waals surface area contributed by atoms with E-state index in [0.29, 0.717) is 16.5 Å². The number of hydrogen-bond acceptors (Lipinski definition) is 5. The van der Waals surface area contributed by atoms with Crippen LogP contribution < -0.4 is 10.5 Å². The lowest BCUT2D eigenvalue weighted by Crippen LogP contribution is -2.18.